The lowest BCUT2D eigenvalue weighted by Crippen LogP contribution is -2.32. The molecule has 0 amide bonds. The molecule has 0 unspecified atom stereocenters. The van der Waals surface area contributed by atoms with Gasteiger partial charge >= 0.3 is 0 Å². The summed E-state index contributed by atoms with van der Waals surface area (Å²) in [6, 6.07) is 7.57. The number of hydrogen-bond acceptors (Lipinski definition) is 3. The van der Waals surface area contributed by atoms with Crippen LogP contribution in [0.25, 0.3) is 0 Å². The Labute approximate surface area is 116 Å². The van der Waals surface area contributed by atoms with Crippen LogP contribution in [0.2, 0.25) is 0 Å². The predicted molar refractivity (Wildman–Crippen MR) is 76.2 cm³/mol. The summed E-state index contributed by atoms with van der Waals surface area (Å²) in [5.74, 6) is 0. The third-order valence-electron chi connectivity index (χ3n) is 2.39. The predicted octanol–water partition coefficient (Wildman–Crippen LogP) is 2.71. The van der Waals surface area contributed by atoms with Crippen molar-refractivity contribution in [3.63, 3.8) is 0 Å². The third kappa shape index (κ3) is 3.72. The Kier molecular flexibility index (Phi) is 5.17. The molecule has 0 saturated carbocycles. The molecule has 6 heteroatoms. The Hall–Kier alpha value is -1.06. The zero-order valence-corrected chi connectivity index (χ0v) is 12.8. The van der Waals surface area contributed by atoms with Gasteiger partial charge in [-0.1, -0.05) is 22.0 Å². The van der Waals surface area contributed by atoms with Crippen LogP contribution in [0, 0.1) is 25.2 Å². The lowest BCUT2D eigenvalue weighted by molar-refractivity contribution is 0.596. The van der Waals surface area contributed by atoms with Crippen molar-refractivity contribution in [2.24, 2.45) is 0 Å². The summed E-state index contributed by atoms with van der Waals surface area (Å²) in [7, 11) is -3.42. The van der Waals surface area contributed by atoms with Gasteiger partial charge in [-0.25, -0.2) is 8.42 Å². The van der Waals surface area contributed by atoms with Gasteiger partial charge in [0.05, 0.1) is 18.2 Å². The summed E-state index contributed by atoms with van der Waals surface area (Å²) < 4.78 is 25.1. The summed E-state index contributed by atoms with van der Waals surface area (Å²) >= 11 is 2.99. The molecule has 0 aliphatic carbocycles. The van der Waals surface area contributed by atoms with E-state index in [1.54, 1.807) is 0 Å². The summed E-state index contributed by atoms with van der Waals surface area (Å²) in [5.41, 5.74) is 2.61. The van der Waals surface area contributed by atoms with Crippen molar-refractivity contribution >= 4 is 31.6 Å². The zero-order valence-electron chi connectivity index (χ0n) is 10.4. The Morgan fingerprint density at radius 2 is 1.83 bits per heavy atom. The molecule has 1 rings (SSSR count). The number of sulfonamides is 1. The fourth-order valence-electron chi connectivity index (χ4n) is 1.73. The molecule has 0 fully saturated rings. The summed E-state index contributed by atoms with van der Waals surface area (Å²) in [4.78, 5) is 0. The van der Waals surface area contributed by atoms with Crippen LogP contribution in [0.15, 0.2) is 18.2 Å². The molecule has 0 atom stereocenters. The van der Waals surface area contributed by atoms with E-state index in [2.05, 4.69) is 15.9 Å². The summed E-state index contributed by atoms with van der Waals surface area (Å²) in [6.45, 7) is 4.01. The molecule has 0 aliphatic heterocycles. The first-order chi connectivity index (χ1) is 8.40. The van der Waals surface area contributed by atoms with Crippen molar-refractivity contribution in [3.05, 3.63) is 29.3 Å². The van der Waals surface area contributed by atoms with Gasteiger partial charge in [0.25, 0.3) is 0 Å². The lowest BCUT2D eigenvalue weighted by Gasteiger charge is -2.23. The number of rotatable bonds is 5. The van der Waals surface area contributed by atoms with E-state index in [0.29, 0.717) is 5.69 Å². The van der Waals surface area contributed by atoms with E-state index in [1.165, 1.54) is 4.31 Å². The van der Waals surface area contributed by atoms with Gasteiger partial charge in [0.15, 0.2) is 0 Å². The van der Waals surface area contributed by atoms with Gasteiger partial charge in [0, 0.05) is 6.54 Å². The van der Waals surface area contributed by atoms with Gasteiger partial charge in [-0.05, 0) is 37.1 Å². The van der Waals surface area contributed by atoms with Crippen LogP contribution in [0.5, 0.6) is 0 Å². The average Bonchev–Trinajstić information content (AvgIpc) is 2.28. The SMILES string of the molecule is Cc1cc(C)cc(N(CCC#N)S(=O)(=O)CBr)c1. The molecule has 0 radical (unpaired) electrons. The van der Waals surface area contributed by atoms with Crippen molar-refractivity contribution in [1.29, 1.82) is 5.26 Å². The van der Waals surface area contributed by atoms with Crippen molar-refractivity contribution in [2.75, 3.05) is 15.5 Å². The Morgan fingerprint density at radius 1 is 1.28 bits per heavy atom. The quantitative estimate of drug-likeness (QED) is 0.780. The number of aryl methyl sites for hydroxylation is 2. The van der Waals surface area contributed by atoms with Crippen molar-refractivity contribution in [2.45, 2.75) is 20.3 Å². The Bertz CT molecular complexity index is 544. The minimum Gasteiger partial charge on any atom is -0.268 e. The van der Waals surface area contributed by atoms with Gasteiger partial charge in [-0.2, -0.15) is 5.26 Å². The minimum atomic E-state index is -3.42. The molecule has 0 aromatic heterocycles. The van der Waals surface area contributed by atoms with Crippen LogP contribution in [0.4, 0.5) is 5.69 Å². The second-order valence-electron chi connectivity index (χ2n) is 4.05. The largest absolute Gasteiger partial charge is 0.268 e. The normalized spacial score (nSPS) is 11.0. The average molecular weight is 331 g/mol. The molecule has 1 aromatic carbocycles. The van der Waals surface area contributed by atoms with E-state index < -0.39 is 10.0 Å². The molecule has 0 bridgehead atoms. The number of benzene rings is 1. The molecule has 98 valence electrons. The topological polar surface area (TPSA) is 61.2 Å². The molecule has 4 nitrogen and oxygen atoms in total. The van der Waals surface area contributed by atoms with Gasteiger partial charge < -0.3 is 0 Å². The van der Waals surface area contributed by atoms with E-state index in [4.69, 9.17) is 5.26 Å². The molecule has 0 N–H and O–H groups in total. The number of alkyl halides is 1. The molecule has 0 spiro atoms. The van der Waals surface area contributed by atoms with Crippen LogP contribution >= 0.6 is 15.9 Å². The molecular formula is C12H15BrN2O2S. The molecule has 0 heterocycles. The second kappa shape index (κ2) is 6.21. The van der Waals surface area contributed by atoms with Crippen LogP contribution in [-0.2, 0) is 10.0 Å². The zero-order chi connectivity index (χ0) is 13.8. The smallest absolute Gasteiger partial charge is 0.245 e. The van der Waals surface area contributed by atoms with Crippen LogP contribution < -0.4 is 4.31 Å². The molecular weight excluding hydrogens is 316 g/mol. The number of anilines is 1. The fourth-order valence-corrected chi connectivity index (χ4v) is 3.39. The number of hydrogen-bond donors (Lipinski definition) is 0. The second-order valence-corrected chi connectivity index (χ2v) is 7.24. The molecule has 18 heavy (non-hydrogen) atoms. The number of halogens is 1. The first kappa shape index (κ1) is 15.0. The standard InChI is InChI=1S/C12H15BrN2O2S/c1-10-6-11(2)8-12(7-10)15(5-3-4-14)18(16,17)9-13/h6-8H,3,5,9H2,1-2H3. The Balaban J connectivity index is 3.22. The third-order valence-corrected chi connectivity index (χ3v) is 5.47. The van der Waals surface area contributed by atoms with Crippen LogP contribution in [0.3, 0.4) is 0 Å². The summed E-state index contributed by atoms with van der Waals surface area (Å²) in [6.07, 6.45) is 0.166. The van der Waals surface area contributed by atoms with Gasteiger partial charge in [-0.3, -0.25) is 4.31 Å². The van der Waals surface area contributed by atoms with Crippen LogP contribution in [0.1, 0.15) is 17.5 Å². The Morgan fingerprint density at radius 3 is 2.28 bits per heavy atom. The minimum absolute atomic E-state index is 0.154. The highest BCUT2D eigenvalue weighted by molar-refractivity contribution is 9.10. The van der Waals surface area contributed by atoms with Gasteiger partial charge in [0.2, 0.25) is 10.0 Å². The fraction of sp³-hybridized carbons (Fsp3) is 0.417. The van der Waals surface area contributed by atoms with E-state index in [-0.39, 0.29) is 17.6 Å². The van der Waals surface area contributed by atoms with Crippen molar-refractivity contribution in [3.8, 4) is 6.07 Å². The van der Waals surface area contributed by atoms with E-state index >= 15 is 0 Å². The van der Waals surface area contributed by atoms with E-state index in [9.17, 15) is 8.42 Å². The first-order valence-corrected chi connectivity index (χ1v) is 8.15. The van der Waals surface area contributed by atoms with Crippen LogP contribution in [-0.4, -0.2) is 19.6 Å². The maximum Gasteiger partial charge on any atom is 0.245 e. The van der Waals surface area contributed by atoms with Crippen molar-refractivity contribution < 1.29 is 8.42 Å². The maximum atomic E-state index is 12.0. The van der Waals surface area contributed by atoms with Gasteiger partial charge in [-0.15, -0.1) is 0 Å². The van der Waals surface area contributed by atoms with E-state index in [0.717, 1.165) is 11.1 Å². The first-order valence-electron chi connectivity index (χ1n) is 5.42. The maximum absolute atomic E-state index is 12.0. The van der Waals surface area contributed by atoms with Crippen molar-refractivity contribution in [1.82, 2.24) is 0 Å². The highest BCUT2D eigenvalue weighted by atomic mass is 79.9. The molecule has 1 aromatic rings. The highest BCUT2D eigenvalue weighted by Crippen LogP contribution is 2.23. The number of nitriles is 1. The number of nitrogens with zero attached hydrogens (tertiary/aromatic N) is 2. The molecule has 0 saturated heterocycles. The molecule has 0 aliphatic rings. The van der Waals surface area contributed by atoms with E-state index in [1.807, 2.05) is 38.1 Å². The monoisotopic (exact) mass is 330 g/mol. The van der Waals surface area contributed by atoms with Gasteiger partial charge in [0.1, 0.15) is 4.66 Å². The lowest BCUT2D eigenvalue weighted by atomic mass is 10.1. The summed E-state index contributed by atoms with van der Waals surface area (Å²) in [5, 5.41) is 8.63. The highest BCUT2D eigenvalue weighted by Gasteiger charge is 2.21.